The number of methoxy groups -OCH3 is 1. The summed E-state index contributed by atoms with van der Waals surface area (Å²) in [5.74, 6) is 0. The van der Waals surface area contributed by atoms with Gasteiger partial charge < -0.3 is 4.74 Å². The van der Waals surface area contributed by atoms with Crippen LogP contribution in [0.15, 0.2) is 24.3 Å². The molecular weight excluding hydrogens is 274 g/mol. The minimum atomic E-state index is -4.47. The van der Waals surface area contributed by atoms with Gasteiger partial charge in [0.05, 0.1) is 11.7 Å². The Hall–Kier alpha value is -1.24. The van der Waals surface area contributed by atoms with E-state index in [2.05, 4.69) is 0 Å². The Morgan fingerprint density at radius 2 is 1.53 bits per heavy atom. The Morgan fingerprint density at radius 1 is 1.00 bits per heavy atom. The molecule has 0 heterocycles. The normalized spacial score (nSPS) is 14.5. The Kier molecular flexibility index (Phi) is 4.84. The zero-order valence-electron chi connectivity index (χ0n) is 9.98. The number of rotatable bonds is 4. The van der Waals surface area contributed by atoms with Crippen LogP contribution in [0.1, 0.15) is 30.1 Å². The summed E-state index contributed by atoms with van der Waals surface area (Å²) in [7, 11) is 1.22. The van der Waals surface area contributed by atoms with E-state index in [-0.39, 0.29) is 6.42 Å². The first-order valence-corrected chi connectivity index (χ1v) is 5.40. The van der Waals surface area contributed by atoms with Crippen molar-refractivity contribution in [2.45, 2.75) is 31.3 Å². The van der Waals surface area contributed by atoms with Crippen molar-refractivity contribution in [1.82, 2.24) is 0 Å². The van der Waals surface area contributed by atoms with E-state index in [1.165, 1.54) is 7.11 Å². The molecule has 108 valence electrons. The van der Waals surface area contributed by atoms with Gasteiger partial charge in [0, 0.05) is 13.5 Å². The van der Waals surface area contributed by atoms with Crippen molar-refractivity contribution in [3.05, 3.63) is 35.4 Å². The van der Waals surface area contributed by atoms with E-state index in [1.807, 2.05) is 0 Å². The van der Waals surface area contributed by atoms with Gasteiger partial charge in [0.1, 0.15) is 0 Å². The minimum absolute atomic E-state index is 0.291. The van der Waals surface area contributed by atoms with Gasteiger partial charge in [0.2, 0.25) is 0 Å². The number of halogens is 6. The van der Waals surface area contributed by atoms with Gasteiger partial charge in [-0.05, 0) is 24.1 Å². The molecular formula is C12H12F6O. The SMILES string of the molecule is COC(CCC(F)(F)F)c1ccc(C(F)(F)F)cc1. The van der Waals surface area contributed by atoms with E-state index in [9.17, 15) is 26.3 Å². The fourth-order valence-corrected chi connectivity index (χ4v) is 1.60. The summed E-state index contributed by atoms with van der Waals surface area (Å²) in [5.41, 5.74) is -0.554. The quantitative estimate of drug-likeness (QED) is 0.727. The fraction of sp³-hybridized carbons (Fsp3) is 0.500. The first kappa shape index (κ1) is 15.8. The molecule has 0 amide bonds. The summed E-state index contributed by atoms with van der Waals surface area (Å²) in [4.78, 5) is 0. The molecule has 0 radical (unpaired) electrons. The Bertz CT molecular complexity index is 392. The summed E-state index contributed by atoms with van der Waals surface area (Å²) < 4.78 is 78.1. The van der Waals surface area contributed by atoms with Crippen LogP contribution in [0, 0.1) is 0 Å². The molecule has 1 aromatic carbocycles. The van der Waals surface area contributed by atoms with Crippen LogP contribution in [-0.2, 0) is 10.9 Å². The Balaban J connectivity index is 2.77. The van der Waals surface area contributed by atoms with Crippen molar-refractivity contribution in [3.8, 4) is 0 Å². The van der Waals surface area contributed by atoms with E-state index in [4.69, 9.17) is 4.74 Å². The van der Waals surface area contributed by atoms with Crippen LogP contribution >= 0.6 is 0 Å². The van der Waals surface area contributed by atoms with Crippen molar-refractivity contribution < 1.29 is 31.1 Å². The molecule has 1 aromatic rings. The highest BCUT2D eigenvalue weighted by molar-refractivity contribution is 5.26. The second-order valence-corrected chi connectivity index (χ2v) is 4.00. The molecule has 0 N–H and O–H groups in total. The molecule has 0 saturated carbocycles. The largest absolute Gasteiger partial charge is 0.416 e. The van der Waals surface area contributed by atoms with Gasteiger partial charge in [-0.25, -0.2) is 0 Å². The third-order valence-electron chi connectivity index (χ3n) is 2.58. The van der Waals surface area contributed by atoms with Crippen LogP contribution < -0.4 is 0 Å². The first-order valence-electron chi connectivity index (χ1n) is 5.40. The second-order valence-electron chi connectivity index (χ2n) is 4.00. The predicted molar refractivity (Wildman–Crippen MR) is 56.5 cm³/mol. The van der Waals surface area contributed by atoms with Crippen molar-refractivity contribution >= 4 is 0 Å². The average Bonchev–Trinajstić information content (AvgIpc) is 2.28. The van der Waals surface area contributed by atoms with E-state index in [0.717, 1.165) is 24.3 Å². The van der Waals surface area contributed by atoms with Crippen LogP contribution in [0.5, 0.6) is 0 Å². The maximum absolute atomic E-state index is 12.3. The lowest BCUT2D eigenvalue weighted by atomic mass is 10.0. The molecule has 0 aromatic heterocycles. The molecule has 0 aliphatic heterocycles. The standard InChI is InChI=1S/C12H12F6O/c1-19-10(6-7-11(13,14)15)8-2-4-9(5-3-8)12(16,17)18/h2-5,10H,6-7H2,1H3. The minimum Gasteiger partial charge on any atom is -0.377 e. The number of hydrogen-bond acceptors (Lipinski definition) is 1. The van der Waals surface area contributed by atoms with Gasteiger partial charge in [0.15, 0.2) is 0 Å². The maximum Gasteiger partial charge on any atom is 0.416 e. The van der Waals surface area contributed by atoms with Crippen LogP contribution in [0.2, 0.25) is 0 Å². The van der Waals surface area contributed by atoms with Gasteiger partial charge in [0.25, 0.3) is 0 Å². The highest BCUT2D eigenvalue weighted by atomic mass is 19.4. The topological polar surface area (TPSA) is 9.23 Å². The van der Waals surface area contributed by atoms with Crippen LogP contribution in [-0.4, -0.2) is 13.3 Å². The molecule has 1 atom stereocenters. The van der Waals surface area contributed by atoms with E-state index in [0.29, 0.717) is 5.56 Å². The van der Waals surface area contributed by atoms with Crippen molar-refractivity contribution in [2.75, 3.05) is 7.11 Å². The monoisotopic (exact) mass is 286 g/mol. The van der Waals surface area contributed by atoms with E-state index < -0.39 is 30.4 Å². The molecule has 0 bridgehead atoms. The predicted octanol–water partition coefficient (Wildman–Crippen LogP) is 4.74. The Morgan fingerprint density at radius 3 is 1.89 bits per heavy atom. The summed E-state index contributed by atoms with van der Waals surface area (Å²) in [6.45, 7) is 0. The van der Waals surface area contributed by atoms with Gasteiger partial charge in [-0.3, -0.25) is 0 Å². The Labute approximate surface area is 106 Å². The number of benzene rings is 1. The van der Waals surface area contributed by atoms with Gasteiger partial charge in [-0.2, -0.15) is 26.3 Å². The summed E-state index contributed by atoms with van der Waals surface area (Å²) in [6, 6.07) is 3.92. The molecule has 7 heteroatoms. The van der Waals surface area contributed by atoms with Crippen molar-refractivity contribution in [3.63, 3.8) is 0 Å². The van der Waals surface area contributed by atoms with E-state index >= 15 is 0 Å². The first-order chi connectivity index (χ1) is 8.63. The average molecular weight is 286 g/mol. The molecule has 0 aliphatic carbocycles. The third-order valence-corrected chi connectivity index (χ3v) is 2.58. The summed E-state index contributed by atoms with van der Waals surface area (Å²) >= 11 is 0. The molecule has 1 nitrogen and oxygen atoms in total. The fourth-order valence-electron chi connectivity index (χ4n) is 1.60. The molecule has 0 saturated heterocycles. The second kappa shape index (κ2) is 5.81. The number of hydrogen-bond donors (Lipinski definition) is 0. The molecule has 0 spiro atoms. The van der Waals surface area contributed by atoms with Crippen LogP contribution in [0.3, 0.4) is 0 Å². The zero-order chi connectivity index (χ0) is 14.7. The highest BCUT2D eigenvalue weighted by Crippen LogP contribution is 2.32. The highest BCUT2D eigenvalue weighted by Gasteiger charge is 2.31. The molecule has 19 heavy (non-hydrogen) atoms. The van der Waals surface area contributed by atoms with Gasteiger partial charge in [-0.15, -0.1) is 0 Å². The summed E-state index contributed by atoms with van der Waals surface area (Å²) in [5, 5.41) is 0. The van der Waals surface area contributed by atoms with Gasteiger partial charge in [-0.1, -0.05) is 12.1 Å². The van der Waals surface area contributed by atoms with Crippen molar-refractivity contribution in [1.29, 1.82) is 0 Å². The molecule has 1 unspecified atom stereocenters. The van der Waals surface area contributed by atoms with Crippen LogP contribution in [0.4, 0.5) is 26.3 Å². The third kappa shape index (κ3) is 5.10. The zero-order valence-corrected chi connectivity index (χ0v) is 9.98. The number of alkyl halides is 6. The number of ether oxygens (including phenoxy) is 1. The molecule has 1 rings (SSSR count). The lowest BCUT2D eigenvalue weighted by Gasteiger charge is -2.17. The maximum atomic E-state index is 12.3. The lowest BCUT2D eigenvalue weighted by Crippen LogP contribution is -2.12. The van der Waals surface area contributed by atoms with Gasteiger partial charge >= 0.3 is 12.4 Å². The van der Waals surface area contributed by atoms with E-state index in [1.54, 1.807) is 0 Å². The molecule has 0 fully saturated rings. The van der Waals surface area contributed by atoms with Crippen LogP contribution in [0.25, 0.3) is 0 Å². The van der Waals surface area contributed by atoms with Crippen molar-refractivity contribution in [2.24, 2.45) is 0 Å². The summed E-state index contributed by atoms with van der Waals surface area (Å²) in [6.07, 6.45) is -11.0. The molecule has 0 aliphatic rings. The lowest BCUT2D eigenvalue weighted by molar-refractivity contribution is -0.141. The smallest absolute Gasteiger partial charge is 0.377 e.